The molecule has 0 aromatic carbocycles. The average molecular weight is 273 g/mol. The normalized spacial score (nSPS) is 15.3. The van der Waals surface area contributed by atoms with Crippen LogP contribution in [0.2, 0.25) is 0 Å². The van der Waals surface area contributed by atoms with Crippen molar-refractivity contribution >= 4 is 0 Å². The minimum Gasteiger partial charge on any atom is -0.311 e. The zero-order valence-corrected chi connectivity index (χ0v) is 12.1. The van der Waals surface area contributed by atoms with Crippen molar-refractivity contribution in [3.8, 4) is 0 Å². The molecule has 6 nitrogen and oxygen atoms in total. The van der Waals surface area contributed by atoms with E-state index < -0.39 is 0 Å². The number of nitrogens with zero attached hydrogens (tertiary/aromatic N) is 4. The van der Waals surface area contributed by atoms with Gasteiger partial charge in [-0.2, -0.15) is 5.10 Å². The van der Waals surface area contributed by atoms with Crippen LogP contribution in [0.1, 0.15) is 28.3 Å². The summed E-state index contributed by atoms with van der Waals surface area (Å²) in [5.74, 6) is 0.688. The Kier molecular flexibility index (Phi) is 3.17. The van der Waals surface area contributed by atoms with E-state index in [0.717, 1.165) is 43.0 Å². The number of aromatic amines is 1. The molecular formula is C14H19N5O. The number of fused-ring (bicyclic) bond motifs is 1. The molecule has 3 rings (SSSR count). The summed E-state index contributed by atoms with van der Waals surface area (Å²) in [4.78, 5) is 21.5. The molecule has 0 bridgehead atoms. The molecule has 0 aliphatic carbocycles. The third kappa shape index (κ3) is 2.38. The van der Waals surface area contributed by atoms with Crippen LogP contribution in [0, 0.1) is 13.8 Å². The molecule has 1 N–H and O–H groups in total. The lowest BCUT2D eigenvalue weighted by molar-refractivity contribution is 0.239. The predicted octanol–water partition coefficient (Wildman–Crippen LogP) is 0.679. The maximum absolute atomic E-state index is 11.9. The summed E-state index contributed by atoms with van der Waals surface area (Å²) >= 11 is 0. The van der Waals surface area contributed by atoms with Gasteiger partial charge in [0.1, 0.15) is 5.82 Å². The van der Waals surface area contributed by atoms with E-state index in [0.29, 0.717) is 5.82 Å². The van der Waals surface area contributed by atoms with Gasteiger partial charge >= 0.3 is 0 Å². The number of rotatable bonds is 2. The van der Waals surface area contributed by atoms with Gasteiger partial charge in [-0.3, -0.25) is 14.4 Å². The third-order valence-electron chi connectivity index (χ3n) is 3.78. The van der Waals surface area contributed by atoms with E-state index >= 15 is 0 Å². The number of aryl methyl sites for hydroxylation is 3. The standard InChI is InChI=1S/C14H19N5O/c1-9-11(6-18(3)17-9)7-19-5-4-12-13(8-19)15-10(2)16-14(12)20/h6H,4-5,7-8H2,1-3H3,(H,15,16,20). The molecule has 0 spiro atoms. The fourth-order valence-corrected chi connectivity index (χ4v) is 2.80. The Morgan fingerprint density at radius 3 is 2.90 bits per heavy atom. The molecule has 1 aliphatic rings. The second-order valence-electron chi connectivity index (χ2n) is 5.45. The highest BCUT2D eigenvalue weighted by Gasteiger charge is 2.21. The summed E-state index contributed by atoms with van der Waals surface area (Å²) in [5, 5.41) is 4.37. The van der Waals surface area contributed by atoms with Crippen molar-refractivity contribution in [3.05, 3.63) is 44.9 Å². The first-order valence-corrected chi connectivity index (χ1v) is 6.83. The molecule has 2 aromatic rings. The van der Waals surface area contributed by atoms with Crippen LogP contribution >= 0.6 is 0 Å². The van der Waals surface area contributed by atoms with E-state index in [4.69, 9.17) is 0 Å². The van der Waals surface area contributed by atoms with Crippen molar-refractivity contribution in [2.24, 2.45) is 7.05 Å². The quantitative estimate of drug-likeness (QED) is 0.873. The maximum Gasteiger partial charge on any atom is 0.254 e. The zero-order chi connectivity index (χ0) is 14.3. The summed E-state index contributed by atoms with van der Waals surface area (Å²) in [6.07, 6.45) is 2.82. The van der Waals surface area contributed by atoms with Crippen LogP contribution in [0.3, 0.4) is 0 Å². The molecule has 0 fully saturated rings. The number of H-pyrrole nitrogens is 1. The highest BCUT2D eigenvalue weighted by atomic mass is 16.1. The highest BCUT2D eigenvalue weighted by Crippen LogP contribution is 2.17. The lowest BCUT2D eigenvalue weighted by Gasteiger charge is -2.27. The minimum absolute atomic E-state index is 0.0182. The molecule has 0 saturated carbocycles. The first kappa shape index (κ1) is 13.1. The van der Waals surface area contributed by atoms with Gasteiger partial charge in [-0.1, -0.05) is 0 Å². The van der Waals surface area contributed by atoms with Crippen molar-refractivity contribution in [1.82, 2.24) is 24.6 Å². The van der Waals surface area contributed by atoms with Crippen LogP contribution in [-0.2, 0) is 26.6 Å². The minimum atomic E-state index is 0.0182. The lowest BCUT2D eigenvalue weighted by atomic mass is 10.1. The summed E-state index contributed by atoms with van der Waals surface area (Å²) < 4.78 is 1.84. The van der Waals surface area contributed by atoms with Crippen molar-refractivity contribution in [3.63, 3.8) is 0 Å². The second-order valence-corrected chi connectivity index (χ2v) is 5.45. The molecule has 20 heavy (non-hydrogen) atoms. The lowest BCUT2D eigenvalue weighted by Crippen LogP contribution is -2.35. The molecule has 106 valence electrons. The molecular weight excluding hydrogens is 254 g/mol. The molecule has 0 atom stereocenters. The Hall–Kier alpha value is -1.95. The Bertz CT molecular complexity index is 700. The van der Waals surface area contributed by atoms with E-state index in [1.165, 1.54) is 5.56 Å². The van der Waals surface area contributed by atoms with Crippen LogP contribution in [0.25, 0.3) is 0 Å². The topological polar surface area (TPSA) is 66.8 Å². The number of hydrogen-bond acceptors (Lipinski definition) is 4. The van der Waals surface area contributed by atoms with E-state index in [-0.39, 0.29) is 5.56 Å². The van der Waals surface area contributed by atoms with E-state index in [2.05, 4.69) is 26.2 Å². The van der Waals surface area contributed by atoms with Gasteiger partial charge in [-0.05, 0) is 20.3 Å². The second kappa shape index (κ2) is 4.86. The van der Waals surface area contributed by atoms with E-state index in [1.54, 1.807) is 0 Å². The van der Waals surface area contributed by atoms with E-state index in [1.807, 2.05) is 25.6 Å². The van der Waals surface area contributed by atoms with Gasteiger partial charge in [0.25, 0.3) is 5.56 Å². The van der Waals surface area contributed by atoms with Crippen molar-refractivity contribution < 1.29 is 0 Å². The summed E-state index contributed by atoms with van der Waals surface area (Å²) in [7, 11) is 1.94. The first-order valence-electron chi connectivity index (χ1n) is 6.83. The smallest absolute Gasteiger partial charge is 0.254 e. The van der Waals surface area contributed by atoms with Gasteiger partial charge in [-0.15, -0.1) is 0 Å². The van der Waals surface area contributed by atoms with Crippen LogP contribution in [0.4, 0.5) is 0 Å². The highest BCUT2D eigenvalue weighted by molar-refractivity contribution is 5.22. The van der Waals surface area contributed by atoms with E-state index in [9.17, 15) is 4.79 Å². The van der Waals surface area contributed by atoms with Crippen LogP contribution < -0.4 is 5.56 Å². The molecule has 6 heteroatoms. The average Bonchev–Trinajstić information content (AvgIpc) is 2.67. The molecule has 2 aromatic heterocycles. The van der Waals surface area contributed by atoms with Gasteiger partial charge in [0.2, 0.25) is 0 Å². The molecule has 0 radical (unpaired) electrons. The summed E-state index contributed by atoms with van der Waals surface area (Å²) in [6.45, 7) is 6.32. The van der Waals surface area contributed by atoms with Crippen LogP contribution in [0.15, 0.2) is 11.0 Å². The van der Waals surface area contributed by atoms with Crippen LogP contribution in [0.5, 0.6) is 0 Å². The van der Waals surface area contributed by atoms with Crippen molar-refractivity contribution in [1.29, 1.82) is 0 Å². The molecule has 1 aliphatic heterocycles. The monoisotopic (exact) mass is 273 g/mol. The van der Waals surface area contributed by atoms with Gasteiger partial charge < -0.3 is 4.98 Å². The zero-order valence-electron chi connectivity index (χ0n) is 12.1. The Morgan fingerprint density at radius 1 is 1.40 bits per heavy atom. The van der Waals surface area contributed by atoms with Gasteiger partial charge in [0, 0.05) is 44.0 Å². The van der Waals surface area contributed by atoms with Gasteiger partial charge in [-0.25, -0.2) is 4.98 Å². The fourth-order valence-electron chi connectivity index (χ4n) is 2.80. The number of nitrogens with one attached hydrogen (secondary N) is 1. The first-order chi connectivity index (χ1) is 9.52. The SMILES string of the molecule is Cc1nc2c(c(=O)[nH]1)CCN(Cc1cn(C)nc1C)C2. The summed E-state index contributed by atoms with van der Waals surface area (Å²) in [6, 6.07) is 0. The number of aromatic nitrogens is 4. The van der Waals surface area contributed by atoms with Crippen molar-refractivity contribution in [2.45, 2.75) is 33.4 Å². The Labute approximate surface area is 117 Å². The predicted molar refractivity (Wildman–Crippen MR) is 75.4 cm³/mol. The van der Waals surface area contributed by atoms with Crippen molar-refractivity contribution in [2.75, 3.05) is 6.54 Å². The number of hydrogen-bond donors (Lipinski definition) is 1. The van der Waals surface area contributed by atoms with Crippen LogP contribution in [-0.4, -0.2) is 31.2 Å². The molecule has 3 heterocycles. The summed E-state index contributed by atoms with van der Waals surface area (Å²) in [5.41, 5.74) is 4.07. The van der Waals surface area contributed by atoms with Gasteiger partial charge in [0.15, 0.2) is 0 Å². The largest absolute Gasteiger partial charge is 0.311 e. The maximum atomic E-state index is 11.9. The Balaban J connectivity index is 1.82. The molecule has 0 saturated heterocycles. The Morgan fingerprint density at radius 2 is 2.20 bits per heavy atom. The molecule has 0 amide bonds. The fraction of sp³-hybridized carbons (Fsp3) is 0.500. The molecule has 0 unspecified atom stereocenters. The third-order valence-corrected chi connectivity index (χ3v) is 3.78. The van der Waals surface area contributed by atoms with Gasteiger partial charge in [0.05, 0.1) is 11.4 Å².